The first-order valence-corrected chi connectivity index (χ1v) is 10.5. The zero-order valence-corrected chi connectivity index (χ0v) is 17.9. The molecule has 1 aliphatic carbocycles. The second-order valence-corrected chi connectivity index (χ2v) is 8.11. The second-order valence-electron chi connectivity index (χ2n) is 7.68. The number of hydrogen-bond donors (Lipinski definition) is 1. The van der Waals surface area contributed by atoms with Gasteiger partial charge in [-0.1, -0.05) is 35.9 Å². The number of rotatable bonds is 7. The highest BCUT2D eigenvalue weighted by molar-refractivity contribution is 6.30. The van der Waals surface area contributed by atoms with Crippen LogP contribution in [0.3, 0.4) is 0 Å². The highest BCUT2D eigenvalue weighted by atomic mass is 35.5. The normalized spacial score (nSPS) is 21.4. The molecule has 30 heavy (non-hydrogen) atoms. The lowest BCUT2D eigenvalue weighted by atomic mass is 9.85. The Balaban J connectivity index is 1.70. The molecular weight excluding hydrogens is 406 g/mol. The van der Waals surface area contributed by atoms with Gasteiger partial charge in [0.15, 0.2) is 0 Å². The fraction of sp³-hybridized carbons (Fsp3) is 0.455. The van der Waals surface area contributed by atoms with E-state index in [0.717, 1.165) is 5.56 Å². The third-order valence-corrected chi connectivity index (χ3v) is 6.04. The van der Waals surface area contributed by atoms with Crippen molar-refractivity contribution in [3.63, 3.8) is 0 Å². The number of benzene rings is 1. The summed E-state index contributed by atoms with van der Waals surface area (Å²) in [5, 5.41) is 3.10. The molecule has 0 unspecified atom stereocenters. The summed E-state index contributed by atoms with van der Waals surface area (Å²) in [4.78, 5) is 53.1. The molecule has 8 heteroatoms. The molecule has 3 rings (SSSR count). The van der Waals surface area contributed by atoms with Crippen LogP contribution in [0.5, 0.6) is 0 Å². The van der Waals surface area contributed by atoms with Crippen LogP contribution < -0.4 is 5.32 Å². The number of imide groups is 1. The highest BCUT2D eigenvalue weighted by Crippen LogP contribution is 2.35. The number of amides is 4. The van der Waals surface area contributed by atoms with Crippen LogP contribution in [0.4, 0.5) is 0 Å². The number of fused-ring (bicyclic) bond motifs is 1. The van der Waals surface area contributed by atoms with Gasteiger partial charge in [0.05, 0.1) is 11.8 Å². The number of nitrogens with one attached hydrogen (secondary N) is 1. The van der Waals surface area contributed by atoms with Crippen molar-refractivity contribution in [2.24, 2.45) is 11.8 Å². The van der Waals surface area contributed by atoms with Crippen molar-refractivity contribution in [3.05, 3.63) is 47.0 Å². The quantitative estimate of drug-likeness (QED) is 0.529. The minimum absolute atomic E-state index is 0.0238. The molecule has 7 nitrogen and oxygen atoms in total. The molecule has 160 valence electrons. The first-order chi connectivity index (χ1) is 14.3. The zero-order chi connectivity index (χ0) is 21.8. The third kappa shape index (κ3) is 4.56. The van der Waals surface area contributed by atoms with E-state index in [1.807, 2.05) is 18.2 Å². The van der Waals surface area contributed by atoms with Gasteiger partial charge >= 0.3 is 0 Å². The molecule has 0 saturated carbocycles. The Kier molecular flexibility index (Phi) is 6.92. The van der Waals surface area contributed by atoms with E-state index in [4.69, 9.17) is 11.6 Å². The van der Waals surface area contributed by atoms with Crippen LogP contribution in [0.15, 0.2) is 36.4 Å². The van der Waals surface area contributed by atoms with Crippen LogP contribution in [-0.2, 0) is 25.7 Å². The Morgan fingerprint density at radius 2 is 1.83 bits per heavy atom. The predicted octanol–water partition coefficient (Wildman–Crippen LogP) is 2.14. The molecule has 0 spiro atoms. The number of nitrogens with zero attached hydrogens (tertiary/aromatic N) is 2. The van der Waals surface area contributed by atoms with Crippen molar-refractivity contribution in [1.29, 1.82) is 0 Å². The van der Waals surface area contributed by atoms with Gasteiger partial charge in [-0.2, -0.15) is 0 Å². The van der Waals surface area contributed by atoms with Crippen molar-refractivity contribution in [3.8, 4) is 0 Å². The Labute approximate surface area is 181 Å². The fourth-order valence-corrected chi connectivity index (χ4v) is 4.28. The standard InChI is InChI=1S/C22H26ClN3O4/c1-14(20(28)24-2)26(13-15-6-5-7-16(23)12-15)19(27)10-11-25-21(29)17-8-3-4-9-18(17)22(25)30/h3-7,12,14,17-18H,8-11,13H2,1-2H3,(H,24,28)/t14-,17-,18+/m1/s1. The van der Waals surface area contributed by atoms with Crippen molar-refractivity contribution < 1.29 is 19.2 Å². The van der Waals surface area contributed by atoms with Crippen molar-refractivity contribution in [2.45, 2.75) is 38.8 Å². The van der Waals surface area contributed by atoms with Crippen LogP contribution in [0.2, 0.25) is 5.02 Å². The number of hydrogen-bond acceptors (Lipinski definition) is 4. The third-order valence-electron chi connectivity index (χ3n) is 5.80. The Morgan fingerprint density at radius 3 is 2.40 bits per heavy atom. The molecule has 1 aromatic rings. The van der Waals surface area contributed by atoms with Crippen LogP contribution in [-0.4, -0.2) is 53.1 Å². The predicted molar refractivity (Wildman–Crippen MR) is 112 cm³/mol. The van der Waals surface area contributed by atoms with E-state index in [9.17, 15) is 19.2 Å². The molecule has 1 N–H and O–H groups in total. The molecule has 1 aromatic carbocycles. The average Bonchev–Trinajstić information content (AvgIpc) is 2.99. The lowest BCUT2D eigenvalue weighted by Gasteiger charge is -2.29. The zero-order valence-electron chi connectivity index (χ0n) is 17.1. The van der Waals surface area contributed by atoms with Gasteiger partial charge in [0.25, 0.3) is 0 Å². The molecular formula is C22H26ClN3O4. The number of likely N-dealkylation sites (tertiary alicyclic amines) is 1. The smallest absolute Gasteiger partial charge is 0.242 e. The summed E-state index contributed by atoms with van der Waals surface area (Å²) in [7, 11) is 1.51. The van der Waals surface area contributed by atoms with E-state index < -0.39 is 6.04 Å². The number of halogens is 1. The summed E-state index contributed by atoms with van der Waals surface area (Å²) in [6.07, 6.45) is 4.95. The van der Waals surface area contributed by atoms with E-state index in [1.165, 1.54) is 16.8 Å². The highest BCUT2D eigenvalue weighted by Gasteiger charge is 2.47. The molecule has 0 radical (unpaired) electrons. The van der Waals surface area contributed by atoms with Crippen molar-refractivity contribution >= 4 is 35.2 Å². The molecule has 0 bridgehead atoms. The lowest BCUT2D eigenvalue weighted by molar-refractivity contribution is -0.143. The Bertz CT molecular complexity index is 859. The van der Waals surface area contributed by atoms with Gasteiger partial charge in [-0.15, -0.1) is 0 Å². The van der Waals surface area contributed by atoms with Crippen LogP contribution in [0.1, 0.15) is 31.7 Å². The van der Waals surface area contributed by atoms with Gasteiger partial charge in [0.1, 0.15) is 6.04 Å². The van der Waals surface area contributed by atoms with Gasteiger partial charge in [-0.05, 0) is 37.5 Å². The molecule has 2 aliphatic rings. The summed E-state index contributed by atoms with van der Waals surface area (Å²) in [5.74, 6) is -1.64. The molecule has 1 fully saturated rings. The lowest BCUT2D eigenvalue weighted by Crippen LogP contribution is -2.47. The summed E-state index contributed by atoms with van der Waals surface area (Å²) >= 11 is 6.05. The maximum Gasteiger partial charge on any atom is 0.242 e. The molecule has 3 atom stereocenters. The van der Waals surface area contributed by atoms with Gasteiger partial charge in [-0.25, -0.2) is 0 Å². The van der Waals surface area contributed by atoms with E-state index in [1.54, 1.807) is 25.1 Å². The van der Waals surface area contributed by atoms with Crippen LogP contribution in [0, 0.1) is 11.8 Å². The van der Waals surface area contributed by atoms with Crippen molar-refractivity contribution in [1.82, 2.24) is 15.1 Å². The van der Waals surface area contributed by atoms with Gasteiger partial charge in [0.2, 0.25) is 23.6 Å². The molecule has 4 amide bonds. The van der Waals surface area contributed by atoms with Gasteiger partial charge in [-0.3, -0.25) is 24.1 Å². The summed E-state index contributed by atoms with van der Waals surface area (Å²) in [6, 6.07) is 6.37. The van der Waals surface area contributed by atoms with E-state index >= 15 is 0 Å². The topological polar surface area (TPSA) is 86.8 Å². The van der Waals surface area contributed by atoms with E-state index in [-0.39, 0.29) is 55.0 Å². The number of likely N-dealkylation sites (N-methyl/N-ethyl adjacent to an activating group) is 1. The molecule has 1 saturated heterocycles. The van der Waals surface area contributed by atoms with Crippen molar-refractivity contribution in [2.75, 3.05) is 13.6 Å². The van der Waals surface area contributed by atoms with Gasteiger partial charge in [0, 0.05) is 31.6 Å². The Hall–Kier alpha value is -2.67. The van der Waals surface area contributed by atoms with Gasteiger partial charge < -0.3 is 10.2 Å². The second kappa shape index (κ2) is 9.43. The van der Waals surface area contributed by atoms with E-state index in [2.05, 4.69) is 5.32 Å². The van der Waals surface area contributed by atoms with Crippen LogP contribution in [0.25, 0.3) is 0 Å². The van der Waals surface area contributed by atoms with Crippen LogP contribution >= 0.6 is 11.6 Å². The minimum Gasteiger partial charge on any atom is -0.357 e. The number of carbonyl (C=O) groups excluding carboxylic acids is 4. The summed E-state index contributed by atoms with van der Waals surface area (Å²) in [5.41, 5.74) is 0.789. The largest absolute Gasteiger partial charge is 0.357 e. The average molecular weight is 432 g/mol. The molecule has 0 aromatic heterocycles. The first-order valence-electron chi connectivity index (χ1n) is 10.1. The maximum absolute atomic E-state index is 13.0. The fourth-order valence-electron chi connectivity index (χ4n) is 4.06. The molecule has 1 aliphatic heterocycles. The monoisotopic (exact) mass is 431 g/mol. The summed E-state index contributed by atoms with van der Waals surface area (Å²) in [6.45, 7) is 1.87. The first kappa shape index (κ1) is 22.0. The minimum atomic E-state index is -0.710. The number of carbonyl (C=O) groups is 4. The maximum atomic E-state index is 13.0. The Morgan fingerprint density at radius 1 is 1.20 bits per heavy atom. The number of allylic oxidation sites excluding steroid dienone is 2. The van der Waals surface area contributed by atoms with E-state index in [0.29, 0.717) is 17.9 Å². The summed E-state index contributed by atoms with van der Waals surface area (Å²) < 4.78 is 0. The SMILES string of the molecule is CNC(=O)[C@@H](C)N(Cc1cccc(Cl)c1)C(=O)CCN1C(=O)[C@H]2CC=CC[C@H]2C1=O. The molecule has 1 heterocycles.